The third kappa shape index (κ3) is 3.06. The number of carbonyl (C=O) groups excluding carboxylic acids is 1. The van der Waals surface area contributed by atoms with E-state index in [1.165, 1.54) is 16.7 Å². The second-order valence-electron chi connectivity index (χ2n) is 4.17. The van der Waals surface area contributed by atoms with E-state index in [-0.39, 0.29) is 5.78 Å². The fourth-order valence-corrected chi connectivity index (χ4v) is 1.62. The van der Waals surface area contributed by atoms with Gasteiger partial charge in [0.15, 0.2) is 5.78 Å². The highest BCUT2D eigenvalue weighted by Gasteiger charge is 2.04. The summed E-state index contributed by atoms with van der Waals surface area (Å²) in [6.07, 6.45) is 3.68. The van der Waals surface area contributed by atoms with E-state index in [9.17, 15) is 4.79 Å². The number of hydrogen-bond acceptors (Lipinski definition) is 1. The first-order valence-corrected chi connectivity index (χ1v) is 5.89. The molecular weight excluding hydrogens is 196 g/mol. The van der Waals surface area contributed by atoms with Crippen LogP contribution in [0.15, 0.2) is 29.8 Å². The van der Waals surface area contributed by atoms with Crippen LogP contribution in [0.3, 0.4) is 0 Å². The smallest absolute Gasteiger partial charge is 0.185 e. The molecule has 0 bridgehead atoms. The normalized spacial score (nSPS) is 10.0. The van der Waals surface area contributed by atoms with Gasteiger partial charge in [0, 0.05) is 5.56 Å². The molecule has 86 valence electrons. The predicted molar refractivity (Wildman–Crippen MR) is 68.9 cm³/mol. The lowest BCUT2D eigenvalue weighted by Gasteiger charge is -2.03. The van der Waals surface area contributed by atoms with Crippen molar-refractivity contribution in [2.45, 2.75) is 40.5 Å². The summed E-state index contributed by atoms with van der Waals surface area (Å²) in [7, 11) is 0. The Morgan fingerprint density at radius 3 is 2.25 bits per heavy atom. The Kier molecular flexibility index (Phi) is 4.48. The first-order valence-electron chi connectivity index (χ1n) is 5.89. The van der Waals surface area contributed by atoms with Crippen LogP contribution in [0.2, 0.25) is 0 Å². The Balaban J connectivity index is 2.97. The fourth-order valence-electron chi connectivity index (χ4n) is 1.62. The van der Waals surface area contributed by atoms with Crippen molar-refractivity contribution in [1.29, 1.82) is 0 Å². The molecule has 1 rings (SSSR count). The molecule has 0 aliphatic carbocycles. The van der Waals surface area contributed by atoms with E-state index < -0.39 is 0 Å². The van der Waals surface area contributed by atoms with Crippen molar-refractivity contribution < 1.29 is 4.79 Å². The molecule has 0 saturated heterocycles. The van der Waals surface area contributed by atoms with Crippen molar-refractivity contribution in [3.8, 4) is 0 Å². The SMILES string of the molecule is CCC(=CC(=O)c1ccc(C)c(C)c1)CC. The number of hydrogen-bond donors (Lipinski definition) is 0. The highest BCUT2D eigenvalue weighted by molar-refractivity contribution is 6.05. The summed E-state index contributed by atoms with van der Waals surface area (Å²) in [6, 6.07) is 5.88. The quantitative estimate of drug-likeness (QED) is 0.543. The zero-order valence-corrected chi connectivity index (χ0v) is 10.6. The van der Waals surface area contributed by atoms with E-state index in [1.54, 1.807) is 6.08 Å². The van der Waals surface area contributed by atoms with Gasteiger partial charge in [-0.3, -0.25) is 4.79 Å². The van der Waals surface area contributed by atoms with Crippen LogP contribution >= 0.6 is 0 Å². The Labute approximate surface area is 98.2 Å². The molecule has 0 N–H and O–H groups in total. The first-order chi connectivity index (χ1) is 7.58. The highest BCUT2D eigenvalue weighted by Crippen LogP contribution is 2.13. The van der Waals surface area contributed by atoms with Gasteiger partial charge in [-0.15, -0.1) is 0 Å². The van der Waals surface area contributed by atoms with Crippen LogP contribution < -0.4 is 0 Å². The van der Waals surface area contributed by atoms with E-state index in [2.05, 4.69) is 20.8 Å². The molecule has 0 aliphatic rings. The lowest BCUT2D eigenvalue weighted by atomic mass is 10.0. The van der Waals surface area contributed by atoms with Crippen LogP contribution in [0, 0.1) is 13.8 Å². The third-order valence-electron chi connectivity index (χ3n) is 3.03. The van der Waals surface area contributed by atoms with E-state index in [0.29, 0.717) is 0 Å². The largest absolute Gasteiger partial charge is 0.289 e. The van der Waals surface area contributed by atoms with E-state index in [1.807, 2.05) is 25.1 Å². The minimum atomic E-state index is 0.127. The Morgan fingerprint density at radius 1 is 1.12 bits per heavy atom. The maximum atomic E-state index is 12.0. The van der Waals surface area contributed by atoms with Crippen molar-refractivity contribution in [2.24, 2.45) is 0 Å². The molecule has 0 fully saturated rings. The van der Waals surface area contributed by atoms with Crippen molar-refractivity contribution in [2.75, 3.05) is 0 Å². The van der Waals surface area contributed by atoms with Gasteiger partial charge in [0.05, 0.1) is 0 Å². The second kappa shape index (κ2) is 5.64. The molecule has 0 amide bonds. The summed E-state index contributed by atoms with van der Waals surface area (Å²) in [4.78, 5) is 12.0. The predicted octanol–water partition coefficient (Wildman–Crippen LogP) is 4.23. The molecule has 0 spiro atoms. The summed E-state index contributed by atoms with van der Waals surface area (Å²) in [6.45, 7) is 8.27. The average Bonchev–Trinajstić information content (AvgIpc) is 2.29. The molecule has 0 aliphatic heterocycles. The zero-order chi connectivity index (χ0) is 12.1. The van der Waals surface area contributed by atoms with Crippen LogP contribution in [0.4, 0.5) is 0 Å². The molecule has 0 atom stereocenters. The van der Waals surface area contributed by atoms with E-state index in [4.69, 9.17) is 0 Å². The average molecular weight is 216 g/mol. The van der Waals surface area contributed by atoms with Gasteiger partial charge < -0.3 is 0 Å². The monoisotopic (exact) mass is 216 g/mol. The van der Waals surface area contributed by atoms with Gasteiger partial charge in [-0.25, -0.2) is 0 Å². The summed E-state index contributed by atoms with van der Waals surface area (Å²) < 4.78 is 0. The van der Waals surface area contributed by atoms with Gasteiger partial charge in [0.2, 0.25) is 0 Å². The molecule has 0 saturated carbocycles. The summed E-state index contributed by atoms with van der Waals surface area (Å²) in [5.41, 5.74) is 4.41. The van der Waals surface area contributed by atoms with Crippen molar-refractivity contribution in [3.63, 3.8) is 0 Å². The van der Waals surface area contributed by atoms with Crippen LogP contribution in [0.1, 0.15) is 48.2 Å². The molecule has 1 aromatic rings. The second-order valence-corrected chi connectivity index (χ2v) is 4.17. The zero-order valence-electron chi connectivity index (χ0n) is 10.6. The van der Waals surface area contributed by atoms with Crippen molar-refractivity contribution >= 4 is 5.78 Å². The molecule has 0 unspecified atom stereocenters. The Bertz CT molecular complexity index is 407. The summed E-state index contributed by atoms with van der Waals surface area (Å²) in [5, 5.41) is 0. The molecule has 1 nitrogen and oxygen atoms in total. The first kappa shape index (κ1) is 12.7. The van der Waals surface area contributed by atoms with Gasteiger partial charge >= 0.3 is 0 Å². The van der Waals surface area contributed by atoms with Gasteiger partial charge in [0.1, 0.15) is 0 Å². The third-order valence-corrected chi connectivity index (χ3v) is 3.03. The molecular formula is C15H20O. The van der Waals surface area contributed by atoms with E-state index >= 15 is 0 Å². The highest BCUT2D eigenvalue weighted by atomic mass is 16.1. The molecule has 16 heavy (non-hydrogen) atoms. The number of carbonyl (C=O) groups is 1. The van der Waals surface area contributed by atoms with Gasteiger partial charge in [-0.05, 0) is 50.0 Å². The van der Waals surface area contributed by atoms with Crippen molar-refractivity contribution in [1.82, 2.24) is 0 Å². The Morgan fingerprint density at radius 2 is 1.75 bits per heavy atom. The number of aryl methyl sites for hydroxylation is 2. The van der Waals surface area contributed by atoms with Gasteiger partial charge in [-0.2, -0.15) is 0 Å². The Hall–Kier alpha value is -1.37. The maximum Gasteiger partial charge on any atom is 0.185 e. The van der Waals surface area contributed by atoms with Crippen LogP contribution in [0.5, 0.6) is 0 Å². The van der Waals surface area contributed by atoms with Gasteiger partial charge in [-0.1, -0.05) is 31.6 Å². The lowest BCUT2D eigenvalue weighted by Crippen LogP contribution is -1.97. The van der Waals surface area contributed by atoms with Crippen LogP contribution in [-0.4, -0.2) is 5.78 Å². The number of ketones is 1. The molecule has 1 aromatic carbocycles. The number of rotatable bonds is 4. The lowest BCUT2D eigenvalue weighted by molar-refractivity contribution is 0.104. The van der Waals surface area contributed by atoms with Crippen LogP contribution in [0.25, 0.3) is 0 Å². The topological polar surface area (TPSA) is 17.1 Å². The standard InChI is InChI=1S/C15H20O/c1-5-13(6-2)10-15(16)14-8-7-11(3)12(4)9-14/h7-10H,5-6H2,1-4H3. The fraction of sp³-hybridized carbons (Fsp3) is 0.400. The van der Waals surface area contributed by atoms with Crippen LogP contribution in [-0.2, 0) is 0 Å². The van der Waals surface area contributed by atoms with Crippen molar-refractivity contribution in [3.05, 3.63) is 46.5 Å². The minimum Gasteiger partial charge on any atom is -0.289 e. The molecule has 0 aromatic heterocycles. The molecule has 0 radical (unpaired) electrons. The van der Waals surface area contributed by atoms with Gasteiger partial charge in [0.25, 0.3) is 0 Å². The molecule has 0 heterocycles. The maximum absolute atomic E-state index is 12.0. The van der Waals surface area contributed by atoms with E-state index in [0.717, 1.165) is 18.4 Å². The minimum absolute atomic E-state index is 0.127. The number of allylic oxidation sites excluding steroid dienone is 2. The summed E-state index contributed by atoms with van der Waals surface area (Å²) in [5.74, 6) is 0.127. The molecule has 1 heteroatoms. The number of benzene rings is 1. The summed E-state index contributed by atoms with van der Waals surface area (Å²) >= 11 is 0.